The highest BCUT2D eigenvalue weighted by molar-refractivity contribution is 6.34. The van der Waals surface area contributed by atoms with E-state index in [0.29, 0.717) is 13.2 Å². The first-order valence-electron chi connectivity index (χ1n) is 5.38. The Labute approximate surface area is 100 Å². The van der Waals surface area contributed by atoms with Crippen LogP contribution in [0.25, 0.3) is 0 Å². The number of carbonyl (C=O) groups is 1. The number of hydrazone groups is 1. The average molecular weight is 236 g/mol. The molecule has 0 unspecified atom stereocenters. The zero-order valence-electron chi connectivity index (χ0n) is 9.72. The Balaban J connectivity index is 2.10. The van der Waals surface area contributed by atoms with Gasteiger partial charge in [0.05, 0.1) is 6.61 Å². The molecule has 0 aromatic heterocycles. The molecular weight excluding hydrogens is 220 g/mol. The highest BCUT2D eigenvalue weighted by atomic mass is 16.5. The fourth-order valence-corrected chi connectivity index (χ4v) is 1.08. The number of rotatable bonds is 7. The molecule has 0 saturated carbocycles. The molecular formula is C12H16N2O3. The first kappa shape index (κ1) is 13.0. The van der Waals surface area contributed by atoms with Crippen LogP contribution in [-0.2, 0) is 4.79 Å². The summed E-state index contributed by atoms with van der Waals surface area (Å²) in [6.45, 7) is 2.59. The lowest BCUT2D eigenvalue weighted by atomic mass is 10.3. The molecule has 0 fully saturated rings. The molecule has 92 valence electrons. The van der Waals surface area contributed by atoms with Crippen molar-refractivity contribution in [2.45, 2.75) is 13.3 Å². The standard InChI is InChI=1S/C12H16N2O3/c1-10(12(15)16)14-13-8-5-9-17-11-6-3-2-4-7-11/h2-4,6-7,13H,5,8-9H2,1H3,(H,15,16)/b14-10+. The Morgan fingerprint density at radius 2 is 2.12 bits per heavy atom. The largest absolute Gasteiger partial charge is 0.494 e. The number of para-hydroxylation sites is 1. The minimum Gasteiger partial charge on any atom is -0.494 e. The van der Waals surface area contributed by atoms with Crippen molar-refractivity contribution in [2.24, 2.45) is 5.10 Å². The molecule has 0 amide bonds. The van der Waals surface area contributed by atoms with Crippen LogP contribution in [0.4, 0.5) is 0 Å². The number of carboxylic acids is 1. The Morgan fingerprint density at radius 3 is 2.76 bits per heavy atom. The molecule has 0 radical (unpaired) electrons. The quantitative estimate of drug-likeness (QED) is 0.427. The van der Waals surface area contributed by atoms with E-state index in [-0.39, 0.29) is 5.71 Å². The molecule has 1 aromatic rings. The van der Waals surface area contributed by atoms with Gasteiger partial charge in [0.2, 0.25) is 0 Å². The molecule has 0 spiro atoms. The first-order valence-corrected chi connectivity index (χ1v) is 5.38. The number of nitrogens with zero attached hydrogens (tertiary/aromatic N) is 1. The van der Waals surface area contributed by atoms with Crippen LogP contribution in [0, 0.1) is 0 Å². The van der Waals surface area contributed by atoms with E-state index < -0.39 is 5.97 Å². The molecule has 17 heavy (non-hydrogen) atoms. The second kappa shape index (κ2) is 7.27. The van der Waals surface area contributed by atoms with E-state index >= 15 is 0 Å². The van der Waals surface area contributed by atoms with Crippen LogP contribution in [0.2, 0.25) is 0 Å². The lowest BCUT2D eigenvalue weighted by Crippen LogP contribution is -2.17. The van der Waals surface area contributed by atoms with E-state index in [0.717, 1.165) is 12.2 Å². The lowest BCUT2D eigenvalue weighted by molar-refractivity contribution is -0.129. The zero-order valence-corrected chi connectivity index (χ0v) is 9.72. The molecule has 0 heterocycles. The van der Waals surface area contributed by atoms with Crippen molar-refractivity contribution in [3.63, 3.8) is 0 Å². The Morgan fingerprint density at radius 1 is 1.41 bits per heavy atom. The molecule has 0 saturated heterocycles. The number of nitrogens with one attached hydrogen (secondary N) is 1. The highest BCUT2D eigenvalue weighted by Crippen LogP contribution is 2.07. The van der Waals surface area contributed by atoms with Crippen molar-refractivity contribution >= 4 is 11.7 Å². The minimum absolute atomic E-state index is 0.0500. The molecule has 2 N–H and O–H groups in total. The Hall–Kier alpha value is -2.04. The molecule has 1 rings (SSSR count). The number of hydrogen-bond donors (Lipinski definition) is 2. The van der Waals surface area contributed by atoms with E-state index in [1.807, 2.05) is 30.3 Å². The lowest BCUT2D eigenvalue weighted by Gasteiger charge is -2.05. The predicted molar refractivity (Wildman–Crippen MR) is 65.3 cm³/mol. The summed E-state index contributed by atoms with van der Waals surface area (Å²) in [4.78, 5) is 10.4. The van der Waals surface area contributed by atoms with Crippen molar-refractivity contribution in [2.75, 3.05) is 13.2 Å². The van der Waals surface area contributed by atoms with Gasteiger partial charge in [0.15, 0.2) is 0 Å². The summed E-state index contributed by atoms with van der Waals surface area (Å²) in [5.41, 5.74) is 2.73. The van der Waals surface area contributed by atoms with Crippen molar-refractivity contribution in [1.82, 2.24) is 5.43 Å². The second-order valence-electron chi connectivity index (χ2n) is 3.43. The van der Waals surface area contributed by atoms with E-state index in [1.54, 1.807) is 0 Å². The van der Waals surface area contributed by atoms with Gasteiger partial charge in [-0.15, -0.1) is 0 Å². The number of carboxylic acid groups (broad SMARTS) is 1. The maximum Gasteiger partial charge on any atom is 0.351 e. The van der Waals surface area contributed by atoms with Crippen LogP contribution in [-0.4, -0.2) is 29.9 Å². The Bertz CT molecular complexity index is 377. The van der Waals surface area contributed by atoms with Gasteiger partial charge in [-0.05, 0) is 19.1 Å². The molecule has 0 atom stereocenters. The Kier molecular flexibility index (Phi) is 5.57. The van der Waals surface area contributed by atoms with Crippen molar-refractivity contribution in [3.05, 3.63) is 30.3 Å². The number of ether oxygens (including phenoxy) is 1. The summed E-state index contributed by atoms with van der Waals surface area (Å²) < 4.78 is 5.46. The predicted octanol–water partition coefficient (Wildman–Crippen LogP) is 1.51. The average Bonchev–Trinajstić information content (AvgIpc) is 2.34. The zero-order chi connectivity index (χ0) is 12.5. The van der Waals surface area contributed by atoms with Crippen LogP contribution in [0.5, 0.6) is 5.75 Å². The van der Waals surface area contributed by atoms with Gasteiger partial charge < -0.3 is 15.3 Å². The summed E-state index contributed by atoms with van der Waals surface area (Å²) >= 11 is 0. The molecule has 0 aliphatic heterocycles. The van der Waals surface area contributed by atoms with E-state index in [2.05, 4.69) is 10.5 Å². The fourth-order valence-electron chi connectivity index (χ4n) is 1.08. The number of benzene rings is 1. The van der Waals surface area contributed by atoms with Crippen LogP contribution in [0.1, 0.15) is 13.3 Å². The molecule has 0 aliphatic rings. The summed E-state index contributed by atoms with van der Waals surface area (Å²) in [5.74, 6) is -0.184. The van der Waals surface area contributed by atoms with Crippen LogP contribution in [0.15, 0.2) is 35.4 Å². The van der Waals surface area contributed by atoms with Gasteiger partial charge in [-0.3, -0.25) is 0 Å². The van der Waals surface area contributed by atoms with Gasteiger partial charge in [-0.25, -0.2) is 4.79 Å². The normalized spacial score (nSPS) is 11.0. The summed E-state index contributed by atoms with van der Waals surface area (Å²) in [6.07, 6.45) is 0.755. The minimum atomic E-state index is -1.02. The molecule has 0 bridgehead atoms. The summed E-state index contributed by atoms with van der Waals surface area (Å²) in [5, 5.41) is 12.2. The van der Waals surface area contributed by atoms with Crippen molar-refractivity contribution in [3.8, 4) is 5.75 Å². The molecule has 0 aliphatic carbocycles. The summed E-state index contributed by atoms with van der Waals surface area (Å²) in [7, 11) is 0. The van der Waals surface area contributed by atoms with Crippen molar-refractivity contribution < 1.29 is 14.6 Å². The highest BCUT2D eigenvalue weighted by Gasteiger charge is 1.99. The third kappa shape index (κ3) is 5.55. The van der Waals surface area contributed by atoms with Gasteiger partial charge in [-0.1, -0.05) is 18.2 Å². The van der Waals surface area contributed by atoms with Gasteiger partial charge in [-0.2, -0.15) is 5.10 Å². The van der Waals surface area contributed by atoms with E-state index in [9.17, 15) is 4.79 Å². The van der Waals surface area contributed by atoms with Crippen LogP contribution < -0.4 is 10.2 Å². The monoisotopic (exact) mass is 236 g/mol. The van der Waals surface area contributed by atoms with Crippen molar-refractivity contribution in [1.29, 1.82) is 0 Å². The third-order valence-electron chi connectivity index (χ3n) is 2.00. The second-order valence-corrected chi connectivity index (χ2v) is 3.43. The fraction of sp³-hybridized carbons (Fsp3) is 0.333. The van der Waals surface area contributed by atoms with Gasteiger partial charge in [0.25, 0.3) is 0 Å². The van der Waals surface area contributed by atoms with Gasteiger partial charge in [0, 0.05) is 13.0 Å². The number of hydrogen-bond acceptors (Lipinski definition) is 4. The van der Waals surface area contributed by atoms with Crippen LogP contribution >= 0.6 is 0 Å². The maximum atomic E-state index is 10.4. The molecule has 5 heteroatoms. The molecule has 1 aromatic carbocycles. The number of aliphatic carboxylic acids is 1. The van der Waals surface area contributed by atoms with Crippen LogP contribution in [0.3, 0.4) is 0 Å². The summed E-state index contributed by atoms with van der Waals surface area (Å²) in [6, 6.07) is 9.53. The van der Waals surface area contributed by atoms with Gasteiger partial charge in [0.1, 0.15) is 11.5 Å². The first-order chi connectivity index (χ1) is 8.20. The van der Waals surface area contributed by atoms with Gasteiger partial charge >= 0.3 is 5.97 Å². The molecule has 5 nitrogen and oxygen atoms in total. The van der Waals surface area contributed by atoms with E-state index in [1.165, 1.54) is 6.92 Å². The van der Waals surface area contributed by atoms with E-state index in [4.69, 9.17) is 9.84 Å². The topological polar surface area (TPSA) is 70.9 Å². The third-order valence-corrected chi connectivity index (χ3v) is 2.00. The SMILES string of the molecule is C/C(=N\NCCCOc1ccccc1)C(=O)O. The maximum absolute atomic E-state index is 10.4. The smallest absolute Gasteiger partial charge is 0.351 e.